The van der Waals surface area contributed by atoms with Crippen LogP contribution in [0.1, 0.15) is 24.8 Å². The predicted octanol–water partition coefficient (Wildman–Crippen LogP) is 3.07. The van der Waals surface area contributed by atoms with Crippen molar-refractivity contribution in [2.45, 2.75) is 24.7 Å². The molecule has 4 rings (SSSR count). The summed E-state index contributed by atoms with van der Waals surface area (Å²) in [6, 6.07) is 8.21. The van der Waals surface area contributed by atoms with Gasteiger partial charge in [-0.15, -0.1) is 0 Å². The molecule has 1 nitrogen and oxygen atoms in total. The zero-order valence-corrected chi connectivity index (χ0v) is 9.38. The monoisotopic (exact) mass is 250 g/mol. The van der Waals surface area contributed by atoms with Gasteiger partial charge in [-0.3, -0.25) is 4.79 Å². The molecule has 0 aliphatic heterocycles. The Morgan fingerprint density at radius 3 is 2.86 bits per heavy atom. The molecular weight excluding hydrogens is 240 g/mol. The van der Waals surface area contributed by atoms with Crippen LogP contribution < -0.4 is 0 Å². The number of halogens is 1. The van der Waals surface area contributed by atoms with Gasteiger partial charge in [-0.05, 0) is 37.0 Å². The molecule has 0 amide bonds. The van der Waals surface area contributed by atoms with Crippen molar-refractivity contribution in [3.8, 4) is 0 Å². The first-order valence-corrected chi connectivity index (χ1v) is 5.82. The normalized spacial score (nSPS) is 34.4. The number of rotatable bonds is 1. The second-order valence-corrected chi connectivity index (χ2v) is 5.31. The molecule has 3 fully saturated rings. The number of hydrogen-bond donors (Lipinski definition) is 0. The lowest BCUT2D eigenvalue weighted by atomic mass is 9.64. The molecule has 3 saturated carbocycles. The number of Topliss-reactive ketones (excluding diaryl/α,β-unsaturated/α-hetero) is 1. The summed E-state index contributed by atoms with van der Waals surface area (Å²) in [6.07, 6.45) is 3.25. The van der Waals surface area contributed by atoms with E-state index in [-0.39, 0.29) is 5.41 Å². The second-order valence-electron chi connectivity index (χ2n) is 4.40. The molecule has 2 unspecified atom stereocenters. The van der Waals surface area contributed by atoms with E-state index in [0.717, 1.165) is 23.7 Å². The molecule has 0 heterocycles. The molecule has 72 valence electrons. The first-order valence-electron chi connectivity index (χ1n) is 5.03. The van der Waals surface area contributed by atoms with E-state index in [9.17, 15) is 4.79 Å². The number of benzene rings is 1. The van der Waals surface area contributed by atoms with Crippen molar-refractivity contribution in [3.63, 3.8) is 0 Å². The average molecular weight is 251 g/mol. The van der Waals surface area contributed by atoms with E-state index in [0.29, 0.717) is 11.7 Å². The molecule has 3 aliphatic rings. The molecule has 0 aromatic heterocycles. The highest BCUT2D eigenvalue weighted by Crippen LogP contribution is 2.56. The first-order chi connectivity index (χ1) is 6.72. The Morgan fingerprint density at radius 1 is 1.43 bits per heavy atom. The fraction of sp³-hybridized carbons (Fsp3) is 0.417. The Morgan fingerprint density at radius 2 is 2.29 bits per heavy atom. The molecular formula is C12H11BrO. The van der Waals surface area contributed by atoms with Crippen LogP contribution >= 0.6 is 15.9 Å². The fourth-order valence-corrected chi connectivity index (χ4v) is 3.34. The molecule has 0 spiro atoms. The highest BCUT2D eigenvalue weighted by atomic mass is 79.9. The van der Waals surface area contributed by atoms with E-state index in [1.165, 1.54) is 5.56 Å². The van der Waals surface area contributed by atoms with Crippen molar-refractivity contribution < 1.29 is 4.79 Å². The highest BCUT2D eigenvalue weighted by molar-refractivity contribution is 9.10. The van der Waals surface area contributed by atoms with Crippen molar-refractivity contribution in [3.05, 3.63) is 34.3 Å². The van der Waals surface area contributed by atoms with Gasteiger partial charge in [0.25, 0.3) is 0 Å². The Labute approximate surface area is 91.6 Å². The summed E-state index contributed by atoms with van der Waals surface area (Å²) in [6.45, 7) is 0. The number of carbonyl (C=O) groups excluding carboxylic acids is 1. The quantitative estimate of drug-likeness (QED) is 0.749. The summed E-state index contributed by atoms with van der Waals surface area (Å²) in [5.41, 5.74) is 1.12. The van der Waals surface area contributed by atoms with Gasteiger partial charge in [0, 0.05) is 10.4 Å². The number of carbonyl (C=O) groups is 1. The minimum Gasteiger partial charge on any atom is -0.298 e. The number of ketones is 1. The van der Waals surface area contributed by atoms with Gasteiger partial charge in [0.15, 0.2) is 0 Å². The van der Waals surface area contributed by atoms with E-state index >= 15 is 0 Å². The predicted molar refractivity (Wildman–Crippen MR) is 58.2 cm³/mol. The maximum Gasteiger partial charge on any atom is 0.146 e. The fourth-order valence-electron chi connectivity index (χ4n) is 2.94. The lowest BCUT2D eigenvalue weighted by Gasteiger charge is -2.37. The van der Waals surface area contributed by atoms with Crippen LogP contribution in [0, 0.1) is 5.92 Å². The van der Waals surface area contributed by atoms with Crippen LogP contribution in [0.15, 0.2) is 28.7 Å². The number of hydrogen-bond acceptors (Lipinski definition) is 1. The summed E-state index contributed by atoms with van der Waals surface area (Å²) in [5.74, 6) is 0.865. The first kappa shape index (κ1) is 8.66. The van der Waals surface area contributed by atoms with E-state index in [2.05, 4.69) is 28.1 Å². The summed E-state index contributed by atoms with van der Waals surface area (Å²) in [4.78, 5) is 11.8. The van der Waals surface area contributed by atoms with Crippen molar-refractivity contribution >= 4 is 21.7 Å². The smallest absolute Gasteiger partial charge is 0.146 e. The zero-order valence-electron chi connectivity index (χ0n) is 7.79. The summed E-state index contributed by atoms with van der Waals surface area (Å²) in [7, 11) is 0. The van der Waals surface area contributed by atoms with E-state index in [1.54, 1.807) is 0 Å². The van der Waals surface area contributed by atoms with Gasteiger partial charge in [-0.2, -0.15) is 0 Å². The van der Waals surface area contributed by atoms with Crippen molar-refractivity contribution in [1.29, 1.82) is 0 Å². The zero-order chi connectivity index (χ0) is 9.76. The van der Waals surface area contributed by atoms with Gasteiger partial charge < -0.3 is 0 Å². The van der Waals surface area contributed by atoms with E-state index in [1.807, 2.05) is 12.1 Å². The van der Waals surface area contributed by atoms with Crippen molar-refractivity contribution in [2.75, 3.05) is 0 Å². The van der Waals surface area contributed by atoms with Gasteiger partial charge in [0.1, 0.15) is 5.78 Å². The third kappa shape index (κ3) is 0.924. The van der Waals surface area contributed by atoms with Crippen LogP contribution in [0.4, 0.5) is 0 Å². The van der Waals surface area contributed by atoms with Crippen molar-refractivity contribution in [1.82, 2.24) is 0 Å². The van der Waals surface area contributed by atoms with Crippen LogP contribution in [-0.2, 0) is 10.2 Å². The van der Waals surface area contributed by atoms with E-state index in [4.69, 9.17) is 0 Å². The Kier molecular flexibility index (Phi) is 1.67. The minimum absolute atomic E-state index is 0.0888. The third-order valence-electron chi connectivity index (χ3n) is 3.73. The van der Waals surface area contributed by atoms with Gasteiger partial charge in [-0.1, -0.05) is 28.1 Å². The SMILES string of the molecule is O=C1C2CCC1(c1cccc(Br)c1)C2. The molecule has 2 heteroatoms. The minimum atomic E-state index is -0.0888. The van der Waals surface area contributed by atoms with E-state index < -0.39 is 0 Å². The summed E-state index contributed by atoms with van der Waals surface area (Å²) in [5, 5.41) is 0. The molecule has 0 saturated heterocycles. The molecule has 1 aromatic rings. The summed E-state index contributed by atoms with van der Waals surface area (Å²) < 4.78 is 1.08. The van der Waals surface area contributed by atoms with Crippen LogP contribution in [0.2, 0.25) is 0 Å². The molecule has 0 N–H and O–H groups in total. The standard InChI is InChI=1S/C12H11BrO/c13-10-3-1-2-9(6-10)12-5-4-8(7-12)11(12)14/h1-3,6,8H,4-5,7H2. The Bertz CT molecular complexity index is 409. The largest absolute Gasteiger partial charge is 0.298 e. The highest BCUT2D eigenvalue weighted by Gasteiger charge is 2.59. The van der Waals surface area contributed by atoms with Crippen LogP contribution in [0.25, 0.3) is 0 Å². The maximum atomic E-state index is 11.8. The van der Waals surface area contributed by atoms with Crippen LogP contribution in [0.3, 0.4) is 0 Å². The molecule has 14 heavy (non-hydrogen) atoms. The van der Waals surface area contributed by atoms with Crippen LogP contribution in [0.5, 0.6) is 0 Å². The summed E-state index contributed by atoms with van der Waals surface area (Å²) >= 11 is 3.46. The Balaban J connectivity index is 2.07. The Hall–Kier alpha value is -0.630. The molecule has 0 radical (unpaired) electrons. The van der Waals surface area contributed by atoms with Crippen molar-refractivity contribution in [2.24, 2.45) is 5.92 Å². The molecule has 2 bridgehead atoms. The lowest BCUT2D eigenvalue weighted by molar-refractivity contribution is -0.133. The third-order valence-corrected chi connectivity index (χ3v) is 4.23. The van der Waals surface area contributed by atoms with Crippen LogP contribution in [-0.4, -0.2) is 5.78 Å². The molecule has 1 aromatic carbocycles. The average Bonchev–Trinajstić information content (AvgIpc) is 2.75. The molecule has 3 aliphatic carbocycles. The molecule has 2 atom stereocenters. The number of fused-ring (bicyclic) bond motifs is 1. The van der Waals surface area contributed by atoms with Gasteiger partial charge in [0.2, 0.25) is 0 Å². The van der Waals surface area contributed by atoms with Gasteiger partial charge in [-0.25, -0.2) is 0 Å². The topological polar surface area (TPSA) is 17.1 Å². The van der Waals surface area contributed by atoms with Gasteiger partial charge in [0.05, 0.1) is 5.41 Å². The van der Waals surface area contributed by atoms with Gasteiger partial charge >= 0.3 is 0 Å². The lowest BCUT2D eigenvalue weighted by Crippen LogP contribution is -2.44. The second kappa shape index (κ2) is 2.69. The maximum absolute atomic E-state index is 11.8.